The summed E-state index contributed by atoms with van der Waals surface area (Å²) in [5, 5.41) is 0. The van der Waals surface area contributed by atoms with Crippen LogP contribution in [-0.4, -0.2) is 7.11 Å². The number of ether oxygens (including phenoxy) is 1. The lowest BCUT2D eigenvalue weighted by Gasteiger charge is -2.08. The molecule has 0 aliphatic rings. The van der Waals surface area contributed by atoms with E-state index in [1.807, 2.05) is 0 Å². The Labute approximate surface area is 115 Å². The highest BCUT2D eigenvalue weighted by Crippen LogP contribution is 2.31. The molecule has 0 saturated carbocycles. The van der Waals surface area contributed by atoms with Gasteiger partial charge in [0.1, 0.15) is 5.75 Å². The minimum Gasteiger partial charge on any atom is -0.497 e. The third-order valence-electron chi connectivity index (χ3n) is 2.66. The van der Waals surface area contributed by atoms with Gasteiger partial charge in [0.15, 0.2) is 0 Å². The number of benzene rings is 2. The maximum absolute atomic E-state index is 12.8. The van der Waals surface area contributed by atoms with Gasteiger partial charge in [-0.3, -0.25) is 0 Å². The minimum atomic E-state index is -4.40. The van der Waals surface area contributed by atoms with Crippen LogP contribution in [-0.2, 0) is 6.18 Å². The van der Waals surface area contributed by atoms with E-state index in [9.17, 15) is 13.2 Å². The highest BCUT2D eigenvalue weighted by molar-refractivity contribution is 5.48. The van der Waals surface area contributed by atoms with E-state index in [0.717, 1.165) is 6.07 Å². The number of rotatable bonds is 1. The van der Waals surface area contributed by atoms with E-state index in [4.69, 9.17) is 4.74 Å². The molecule has 2 rings (SSSR count). The standard InChI is InChI=1S/C16H11F3O/c1-20-14-10-7-12(8-11-14)6-9-13-4-2-3-5-15(13)16(17,18)19/h2-5,7-8,10-11H,1H3. The third kappa shape index (κ3) is 3.33. The second-order valence-corrected chi connectivity index (χ2v) is 4.02. The van der Waals surface area contributed by atoms with Crippen LogP contribution in [0.25, 0.3) is 0 Å². The highest BCUT2D eigenvalue weighted by atomic mass is 19.4. The van der Waals surface area contributed by atoms with Crippen LogP contribution in [0.2, 0.25) is 0 Å². The molecule has 0 fully saturated rings. The molecule has 0 heterocycles. The summed E-state index contributed by atoms with van der Waals surface area (Å²) in [6.07, 6.45) is -4.40. The molecule has 2 aromatic carbocycles. The van der Waals surface area contributed by atoms with Crippen LogP contribution < -0.4 is 4.74 Å². The van der Waals surface area contributed by atoms with Gasteiger partial charge in [0, 0.05) is 11.1 Å². The van der Waals surface area contributed by atoms with Crippen LogP contribution >= 0.6 is 0 Å². The molecule has 0 aliphatic carbocycles. The molecule has 0 unspecified atom stereocenters. The molecule has 2 aromatic rings. The van der Waals surface area contributed by atoms with E-state index in [0.29, 0.717) is 11.3 Å². The second kappa shape index (κ2) is 5.70. The Morgan fingerprint density at radius 3 is 2.15 bits per heavy atom. The summed E-state index contributed by atoms with van der Waals surface area (Å²) in [5.41, 5.74) is -0.125. The Morgan fingerprint density at radius 2 is 1.55 bits per heavy atom. The number of alkyl halides is 3. The Morgan fingerprint density at radius 1 is 0.900 bits per heavy atom. The molecule has 0 aliphatic heterocycles. The number of methoxy groups -OCH3 is 1. The molecule has 0 atom stereocenters. The van der Waals surface area contributed by atoms with Crippen LogP contribution in [0.1, 0.15) is 16.7 Å². The molecular weight excluding hydrogens is 265 g/mol. The van der Waals surface area contributed by atoms with Crippen molar-refractivity contribution in [2.45, 2.75) is 6.18 Å². The van der Waals surface area contributed by atoms with E-state index >= 15 is 0 Å². The monoisotopic (exact) mass is 276 g/mol. The van der Waals surface area contributed by atoms with Crippen LogP contribution in [0.3, 0.4) is 0 Å². The Balaban J connectivity index is 2.33. The average molecular weight is 276 g/mol. The van der Waals surface area contributed by atoms with Crippen molar-refractivity contribution in [1.29, 1.82) is 0 Å². The number of hydrogen-bond donors (Lipinski definition) is 0. The van der Waals surface area contributed by atoms with E-state index in [2.05, 4.69) is 11.8 Å². The minimum absolute atomic E-state index is 0.0316. The Kier molecular flexibility index (Phi) is 3.99. The summed E-state index contributed by atoms with van der Waals surface area (Å²) in [5.74, 6) is 5.95. The van der Waals surface area contributed by atoms with Gasteiger partial charge in [-0.2, -0.15) is 13.2 Å². The van der Waals surface area contributed by atoms with Crippen molar-refractivity contribution < 1.29 is 17.9 Å². The lowest BCUT2D eigenvalue weighted by molar-refractivity contribution is -0.137. The van der Waals surface area contributed by atoms with Crippen molar-refractivity contribution in [1.82, 2.24) is 0 Å². The first kappa shape index (κ1) is 14.0. The molecule has 0 bridgehead atoms. The fourth-order valence-corrected chi connectivity index (χ4v) is 1.65. The van der Waals surface area contributed by atoms with Gasteiger partial charge in [0.05, 0.1) is 12.7 Å². The summed E-state index contributed by atoms with van der Waals surface area (Å²) in [4.78, 5) is 0. The zero-order chi connectivity index (χ0) is 14.6. The third-order valence-corrected chi connectivity index (χ3v) is 2.66. The van der Waals surface area contributed by atoms with Gasteiger partial charge in [-0.15, -0.1) is 0 Å². The molecule has 0 radical (unpaired) electrons. The normalized spacial score (nSPS) is 10.6. The van der Waals surface area contributed by atoms with Gasteiger partial charge < -0.3 is 4.74 Å². The van der Waals surface area contributed by atoms with Crippen molar-refractivity contribution in [2.75, 3.05) is 7.11 Å². The van der Waals surface area contributed by atoms with Crippen molar-refractivity contribution >= 4 is 0 Å². The molecule has 0 saturated heterocycles. The van der Waals surface area contributed by atoms with Crippen molar-refractivity contribution in [3.63, 3.8) is 0 Å². The largest absolute Gasteiger partial charge is 0.497 e. The topological polar surface area (TPSA) is 9.23 Å². The molecule has 1 nitrogen and oxygen atoms in total. The lowest BCUT2D eigenvalue weighted by atomic mass is 10.1. The van der Waals surface area contributed by atoms with Gasteiger partial charge in [-0.05, 0) is 36.4 Å². The Bertz CT molecular complexity index is 646. The summed E-state index contributed by atoms with van der Waals surface area (Å²) < 4.78 is 43.4. The van der Waals surface area contributed by atoms with E-state index in [-0.39, 0.29) is 5.56 Å². The first-order valence-electron chi connectivity index (χ1n) is 5.83. The zero-order valence-corrected chi connectivity index (χ0v) is 10.7. The SMILES string of the molecule is COc1ccc(C#Cc2ccccc2C(F)(F)F)cc1. The first-order chi connectivity index (χ1) is 9.50. The fourth-order valence-electron chi connectivity index (χ4n) is 1.65. The van der Waals surface area contributed by atoms with Gasteiger partial charge in [0.2, 0.25) is 0 Å². The number of halogens is 3. The van der Waals surface area contributed by atoms with Crippen LogP contribution in [0.5, 0.6) is 5.75 Å². The first-order valence-corrected chi connectivity index (χ1v) is 5.83. The van der Waals surface area contributed by atoms with Gasteiger partial charge in [0.25, 0.3) is 0 Å². The number of hydrogen-bond acceptors (Lipinski definition) is 1. The molecule has 20 heavy (non-hydrogen) atoms. The summed E-state index contributed by atoms with van der Waals surface area (Å²) in [7, 11) is 1.54. The predicted octanol–water partition coefficient (Wildman–Crippen LogP) is 4.11. The van der Waals surface area contributed by atoms with Crippen molar-refractivity contribution in [2.24, 2.45) is 0 Å². The van der Waals surface area contributed by atoms with Gasteiger partial charge in [-0.1, -0.05) is 24.0 Å². The summed E-state index contributed by atoms with van der Waals surface area (Å²) in [6, 6.07) is 12.1. The van der Waals surface area contributed by atoms with Gasteiger partial charge in [-0.25, -0.2) is 0 Å². The van der Waals surface area contributed by atoms with Crippen LogP contribution in [0, 0.1) is 11.8 Å². The molecular formula is C16H11F3O. The lowest BCUT2D eigenvalue weighted by Crippen LogP contribution is -2.07. The highest BCUT2D eigenvalue weighted by Gasteiger charge is 2.32. The van der Waals surface area contributed by atoms with E-state index < -0.39 is 11.7 Å². The maximum Gasteiger partial charge on any atom is 0.417 e. The van der Waals surface area contributed by atoms with Crippen molar-refractivity contribution in [3.8, 4) is 17.6 Å². The van der Waals surface area contributed by atoms with E-state index in [1.54, 1.807) is 31.4 Å². The smallest absolute Gasteiger partial charge is 0.417 e. The summed E-state index contributed by atoms with van der Waals surface area (Å²) >= 11 is 0. The second-order valence-electron chi connectivity index (χ2n) is 4.02. The molecule has 102 valence electrons. The van der Waals surface area contributed by atoms with E-state index in [1.165, 1.54) is 18.2 Å². The summed E-state index contributed by atoms with van der Waals surface area (Å²) in [6.45, 7) is 0. The molecule has 0 spiro atoms. The van der Waals surface area contributed by atoms with Crippen molar-refractivity contribution in [3.05, 3.63) is 65.2 Å². The quantitative estimate of drug-likeness (QED) is 0.712. The predicted molar refractivity (Wildman–Crippen MR) is 70.4 cm³/mol. The Hall–Kier alpha value is -2.41. The van der Waals surface area contributed by atoms with Crippen LogP contribution in [0.4, 0.5) is 13.2 Å². The average Bonchev–Trinajstić information content (AvgIpc) is 2.45. The molecule has 0 amide bonds. The molecule has 0 N–H and O–H groups in total. The van der Waals surface area contributed by atoms with Crippen LogP contribution in [0.15, 0.2) is 48.5 Å². The molecule has 0 aromatic heterocycles. The molecule has 4 heteroatoms. The maximum atomic E-state index is 12.8. The fraction of sp³-hybridized carbons (Fsp3) is 0.125. The van der Waals surface area contributed by atoms with Gasteiger partial charge >= 0.3 is 6.18 Å². The zero-order valence-electron chi connectivity index (χ0n) is 10.7.